The van der Waals surface area contributed by atoms with E-state index in [1.165, 1.54) is 6.07 Å². The fourth-order valence-electron chi connectivity index (χ4n) is 1.51. The SMILES string of the molecule is CCOC(=O)CC(=O)c1ccccc1C[SH](=O)=O. The second kappa shape index (κ2) is 6.90. The summed E-state index contributed by atoms with van der Waals surface area (Å²) in [4.78, 5) is 23.0. The van der Waals surface area contributed by atoms with Gasteiger partial charge in [-0.15, -0.1) is 0 Å². The lowest BCUT2D eigenvalue weighted by molar-refractivity contribution is -0.141. The second-order valence-electron chi connectivity index (χ2n) is 3.55. The van der Waals surface area contributed by atoms with E-state index in [-0.39, 0.29) is 24.3 Å². The van der Waals surface area contributed by atoms with E-state index in [1.54, 1.807) is 25.1 Å². The molecule has 18 heavy (non-hydrogen) atoms. The van der Waals surface area contributed by atoms with Gasteiger partial charge >= 0.3 is 5.97 Å². The Morgan fingerprint density at radius 2 is 1.89 bits per heavy atom. The molecule has 1 aromatic rings. The van der Waals surface area contributed by atoms with Gasteiger partial charge in [0.2, 0.25) is 0 Å². The van der Waals surface area contributed by atoms with Crippen LogP contribution in [0.15, 0.2) is 24.3 Å². The minimum Gasteiger partial charge on any atom is -0.466 e. The lowest BCUT2D eigenvalue weighted by atomic mass is 10.0. The molecule has 0 fully saturated rings. The molecular formula is C12H14O5S. The lowest BCUT2D eigenvalue weighted by Gasteiger charge is -2.05. The predicted octanol–water partition coefficient (Wildman–Crippen LogP) is 0.934. The maximum atomic E-state index is 11.8. The van der Waals surface area contributed by atoms with E-state index in [1.807, 2.05) is 0 Å². The molecule has 0 bridgehead atoms. The van der Waals surface area contributed by atoms with Crippen molar-refractivity contribution in [3.05, 3.63) is 35.4 Å². The van der Waals surface area contributed by atoms with Gasteiger partial charge in [-0.25, -0.2) is 8.42 Å². The summed E-state index contributed by atoms with van der Waals surface area (Å²) < 4.78 is 26.1. The van der Waals surface area contributed by atoms with Crippen molar-refractivity contribution in [1.82, 2.24) is 0 Å². The molecule has 0 aliphatic heterocycles. The van der Waals surface area contributed by atoms with Gasteiger partial charge in [0, 0.05) is 5.56 Å². The third kappa shape index (κ3) is 4.29. The number of thiol groups is 1. The Labute approximate surface area is 107 Å². The van der Waals surface area contributed by atoms with E-state index in [2.05, 4.69) is 4.74 Å². The molecule has 0 atom stereocenters. The number of Topliss-reactive ketones (excluding diaryl/α,β-unsaturated/α-hetero) is 1. The van der Waals surface area contributed by atoms with Crippen LogP contribution in [0, 0.1) is 0 Å². The summed E-state index contributed by atoms with van der Waals surface area (Å²) in [6.07, 6.45) is -0.375. The molecule has 0 heterocycles. The molecule has 1 aromatic carbocycles. The molecule has 0 saturated heterocycles. The van der Waals surface area contributed by atoms with E-state index >= 15 is 0 Å². The molecule has 0 spiro atoms. The average Bonchev–Trinajstić information content (AvgIpc) is 2.28. The van der Waals surface area contributed by atoms with Crippen LogP contribution in [-0.4, -0.2) is 26.8 Å². The second-order valence-corrected chi connectivity index (χ2v) is 4.53. The van der Waals surface area contributed by atoms with Crippen molar-refractivity contribution >= 4 is 22.5 Å². The molecule has 0 saturated carbocycles. The van der Waals surface area contributed by atoms with Crippen LogP contribution in [0.5, 0.6) is 0 Å². The fraction of sp³-hybridized carbons (Fsp3) is 0.333. The van der Waals surface area contributed by atoms with Crippen LogP contribution in [0.4, 0.5) is 0 Å². The van der Waals surface area contributed by atoms with Gasteiger partial charge in [0.1, 0.15) is 17.1 Å². The Hall–Kier alpha value is -1.69. The summed E-state index contributed by atoms with van der Waals surface area (Å²) in [5.41, 5.74) is 0.660. The largest absolute Gasteiger partial charge is 0.466 e. The number of benzene rings is 1. The highest BCUT2D eigenvalue weighted by atomic mass is 32.2. The zero-order valence-electron chi connectivity index (χ0n) is 9.92. The topological polar surface area (TPSA) is 77.5 Å². The van der Waals surface area contributed by atoms with Crippen molar-refractivity contribution in [2.24, 2.45) is 0 Å². The molecule has 0 aliphatic rings. The van der Waals surface area contributed by atoms with Crippen molar-refractivity contribution in [3.8, 4) is 0 Å². The summed E-state index contributed by atoms with van der Waals surface area (Å²) in [6.45, 7) is 1.86. The number of ketones is 1. The minimum absolute atomic E-state index is 0.208. The zero-order valence-corrected chi connectivity index (χ0v) is 10.8. The maximum Gasteiger partial charge on any atom is 0.313 e. The first-order valence-electron chi connectivity index (χ1n) is 5.43. The Morgan fingerprint density at radius 1 is 1.22 bits per heavy atom. The first kappa shape index (κ1) is 14.4. The van der Waals surface area contributed by atoms with Gasteiger partial charge in [0.15, 0.2) is 5.78 Å². The highest BCUT2D eigenvalue weighted by molar-refractivity contribution is 7.71. The number of rotatable bonds is 6. The van der Waals surface area contributed by atoms with E-state index in [4.69, 9.17) is 0 Å². The molecule has 0 unspecified atom stereocenters. The Kier molecular flexibility index (Phi) is 5.51. The third-order valence-electron chi connectivity index (χ3n) is 2.23. The molecule has 0 N–H and O–H groups in total. The Bertz CT molecular complexity index is 511. The molecule has 0 aromatic heterocycles. The van der Waals surface area contributed by atoms with Crippen LogP contribution in [0.25, 0.3) is 0 Å². The van der Waals surface area contributed by atoms with Crippen molar-refractivity contribution < 1.29 is 22.7 Å². The quantitative estimate of drug-likeness (QED) is 0.360. The fourth-order valence-corrected chi connectivity index (χ4v) is 2.06. The van der Waals surface area contributed by atoms with Gasteiger partial charge in [0.25, 0.3) is 0 Å². The smallest absolute Gasteiger partial charge is 0.313 e. The highest BCUT2D eigenvalue weighted by Crippen LogP contribution is 2.12. The van der Waals surface area contributed by atoms with Crippen LogP contribution < -0.4 is 0 Å². The summed E-state index contributed by atoms with van der Waals surface area (Å²) in [6, 6.07) is 6.34. The third-order valence-corrected chi connectivity index (χ3v) is 2.83. The van der Waals surface area contributed by atoms with Crippen LogP contribution in [0.1, 0.15) is 29.3 Å². The predicted molar refractivity (Wildman–Crippen MR) is 66.0 cm³/mol. The highest BCUT2D eigenvalue weighted by Gasteiger charge is 2.15. The lowest BCUT2D eigenvalue weighted by Crippen LogP contribution is -2.13. The first-order valence-corrected chi connectivity index (χ1v) is 6.79. The van der Waals surface area contributed by atoms with Crippen molar-refractivity contribution in [1.29, 1.82) is 0 Å². The Balaban J connectivity index is 2.88. The standard InChI is InChI=1S/C12H14O5S/c1-2-17-12(14)7-11(13)10-6-4-3-5-9(10)8-18(15)16/h3-6,18H,2,7-8H2,1H3. The number of esters is 1. The van der Waals surface area contributed by atoms with Crippen molar-refractivity contribution in [2.75, 3.05) is 6.61 Å². The summed E-state index contributed by atoms with van der Waals surface area (Å²) in [7, 11) is -2.61. The van der Waals surface area contributed by atoms with E-state index in [9.17, 15) is 18.0 Å². The molecule has 0 radical (unpaired) electrons. The number of hydrogen-bond acceptors (Lipinski definition) is 5. The maximum absolute atomic E-state index is 11.8. The zero-order chi connectivity index (χ0) is 13.5. The number of carbonyl (C=O) groups excluding carboxylic acids is 2. The molecule has 98 valence electrons. The van der Waals surface area contributed by atoms with E-state index < -0.39 is 22.5 Å². The van der Waals surface area contributed by atoms with Crippen LogP contribution in [0.3, 0.4) is 0 Å². The summed E-state index contributed by atoms with van der Waals surface area (Å²) in [5.74, 6) is -1.25. The molecule has 0 aliphatic carbocycles. The van der Waals surface area contributed by atoms with Crippen molar-refractivity contribution in [2.45, 2.75) is 19.1 Å². The van der Waals surface area contributed by atoms with Gasteiger partial charge in [-0.3, -0.25) is 9.59 Å². The van der Waals surface area contributed by atoms with Gasteiger partial charge in [-0.05, 0) is 12.5 Å². The van der Waals surface area contributed by atoms with Crippen molar-refractivity contribution in [3.63, 3.8) is 0 Å². The van der Waals surface area contributed by atoms with Crippen LogP contribution >= 0.6 is 0 Å². The number of ether oxygens (including phenoxy) is 1. The molecular weight excluding hydrogens is 256 g/mol. The van der Waals surface area contributed by atoms with Crippen LogP contribution in [0.2, 0.25) is 0 Å². The number of carbonyl (C=O) groups is 2. The average molecular weight is 270 g/mol. The molecule has 1 rings (SSSR count). The van der Waals surface area contributed by atoms with Crippen LogP contribution in [-0.2, 0) is 26.0 Å². The van der Waals surface area contributed by atoms with Gasteiger partial charge in [0.05, 0.1) is 12.4 Å². The summed E-state index contributed by atoms with van der Waals surface area (Å²) in [5, 5.41) is 0. The van der Waals surface area contributed by atoms with Gasteiger partial charge in [-0.1, -0.05) is 24.3 Å². The van der Waals surface area contributed by atoms with E-state index in [0.717, 1.165) is 0 Å². The van der Waals surface area contributed by atoms with E-state index in [0.29, 0.717) is 5.56 Å². The number of hydrogen-bond donors (Lipinski definition) is 1. The summed E-state index contributed by atoms with van der Waals surface area (Å²) >= 11 is 0. The normalized spacial score (nSPS) is 10.3. The monoisotopic (exact) mass is 270 g/mol. The minimum atomic E-state index is -2.61. The molecule has 5 nitrogen and oxygen atoms in total. The first-order chi connectivity index (χ1) is 8.54. The molecule has 0 amide bonds. The van der Waals surface area contributed by atoms with Gasteiger partial charge < -0.3 is 4.74 Å². The van der Waals surface area contributed by atoms with Gasteiger partial charge in [-0.2, -0.15) is 0 Å². The molecule has 6 heteroatoms. The Morgan fingerprint density at radius 3 is 2.50 bits per heavy atom.